The van der Waals surface area contributed by atoms with E-state index in [9.17, 15) is 8.42 Å². The first kappa shape index (κ1) is 16.4. The van der Waals surface area contributed by atoms with Gasteiger partial charge in [-0.1, -0.05) is 26.0 Å². The Hall–Kier alpha value is -2.01. The Labute approximate surface area is 132 Å². The second kappa shape index (κ2) is 6.83. The Bertz CT molecular complexity index is 737. The van der Waals surface area contributed by atoms with Crippen LogP contribution in [0, 0.1) is 0 Å². The molecule has 0 amide bonds. The van der Waals surface area contributed by atoms with Crippen molar-refractivity contribution < 1.29 is 13.2 Å². The van der Waals surface area contributed by atoms with Gasteiger partial charge in [0.25, 0.3) is 10.0 Å². The Balaban J connectivity index is 2.29. The van der Waals surface area contributed by atoms with Crippen LogP contribution in [-0.4, -0.2) is 15.5 Å². The zero-order valence-corrected chi connectivity index (χ0v) is 13.9. The number of nitrogens with one attached hydrogen (secondary N) is 1. The summed E-state index contributed by atoms with van der Waals surface area (Å²) < 4.78 is 32.8. The fourth-order valence-corrected chi connectivity index (χ4v) is 3.33. The van der Waals surface area contributed by atoms with E-state index < -0.39 is 10.0 Å². The molecule has 0 spiro atoms. The lowest BCUT2D eigenvalue weighted by Crippen LogP contribution is -2.13. The molecule has 1 N–H and O–H groups in total. The molecule has 0 saturated carbocycles. The predicted molar refractivity (Wildman–Crippen MR) is 89.0 cm³/mol. The Kier molecular flexibility index (Phi) is 5.08. The van der Waals surface area contributed by atoms with Crippen molar-refractivity contribution in [2.24, 2.45) is 0 Å². The molecule has 0 unspecified atom stereocenters. The summed E-state index contributed by atoms with van der Waals surface area (Å²) >= 11 is 0. The van der Waals surface area contributed by atoms with Crippen LogP contribution in [0.25, 0.3) is 0 Å². The molecule has 0 bridgehead atoms. The van der Waals surface area contributed by atoms with Crippen LogP contribution in [0.2, 0.25) is 0 Å². The lowest BCUT2D eigenvalue weighted by atomic mass is 10.1. The number of hydrogen-bond acceptors (Lipinski definition) is 3. The van der Waals surface area contributed by atoms with E-state index in [1.165, 1.54) is 5.56 Å². The van der Waals surface area contributed by atoms with E-state index in [-0.39, 0.29) is 4.90 Å². The maximum atomic E-state index is 12.5. The summed E-state index contributed by atoms with van der Waals surface area (Å²) in [7, 11) is -2.02. The molecule has 0 aromatic heterocycles. The number of methoxy groups -OCH3 is 1. The van der Waals surface area contributed by atoms with E-state index in [1.807, 2.05) is 19.1 Å². The zero-order valence-electron chi connectivity index (χ0n) is 13.1. The number of benzene rings is 2. The van der Waals surface area contributed by atoms with Gasteiger partial charge in [0.05, 0.1) is 12.0 Å². The molecule has 0 radical (unpaired) electrons. The first-order chi connectivity index (χ1) is 10.5. The summed E-state index contributed by atoms with van der Waals surface area (Å²) in [6, 6.07) is 12.3. The molecule has 0 atom stereocenters. The molecule has 2 aromatic carbocycles. The van der Waals surface area contributed by atoms with Crippen molar-refractivity contribution in [1.29, 1.82) is 0 Å². The second-order valence-corrected chi connectivity index (χ2v) is 6.67. The molecule has 0 aliphatic heterocycles. The van der Waals surface area contributed by atoms with E-state index in [1.54, 1.807) is 37.4 Å². The van der Waals surface area contributed by atoms with Crippen LogP contribution >= 0.6 is 0 Å². The van der Waals surface area contributed by atoms with E-state index in [4.69, 9.17) is 4.74 Å². The van der Waals surface area contributed by atoms with Crippen LogP contribution in [0.5, 0.6) is 5.75 Å². The molecule has 0 aliphatic rings. The van der Waals surface area contributed by atoms with Crippen LogP contribution < -0.4 is 9.46 Å². The minimum atomic E-state index is -3.60. The number of ether oxygens (including phenoxy) is 1. The van der Waals surface area contributed by atoms with Gasteiger partial charge in [-0.2, -0.15) is 0 Å². The minimum Gasteiger partial charge on any atom is -0.496 e. The normalized spacial score (nSPS) is 11.2. The number of sulfonamides is 1. The van der Waals surface area contributed by atoms with E-state index in [0.717, 1.165) is 12.0 Å². The summed E-state index contributed by atoms with van der Waals surface area (Å²) in [5.41, 5.74) is 2.60. The predicted octanol–water partition coefficient (Wildman–Crippen LogP) is 3.62. The summed E-state index contributed by atoms with van der Waals surface area (Å²) in [5, 5.41) is 0. The van der Waals surface area contributed by atoms with Crippen molar-refractivity contribution in [2.45, 2.75) is 31.6 Å². The fraction of sp³-hybridized carbons (Fsp3) is 0.294. The van der Waals surface area contributed by atoms with E-state index >= 15 is 0 Å². The Morgan fingerprint density at radius 2 is 1.68 bits per heavy atom. The van der Waals surface area contributed by atoms with Gasteiger partial charge >= 0.3 is 0 Å². The first-order valence-corrected chi connectivity index (χ1v) is 8.77. The third-order valence-corrected chi connectivity index (χ3v) is 4.94. The monoisotopic (exact) mass is 319 g/mol. The number of rotatable bonds is 6. The molecular weight excluding hydrogens is 298 g/mol. The van der Waals surface area contributed by atoms with Gasteiger partial charge in [-0.3, -0.25) is 4.72 Å². The third-order valence-electron chi connectivity index (χ3n) is 3.56. The standard InChI is InChI=1S/C17H21NO3S/c1-4-13-6-8-15(9-7-13)18-22(19,20)16-10-11-17(21-3)14(5-2)12-16/h6-12,18H,4-5H2,1-3H3. The Morgan fingerprint density at radius 3 is 2.23 bits per heavy atom. The van der Waals surface area contributed by atoms with Gasteiger partial charge in [-0.05, 0) is 54.3 Å². The molecule has 0 fully saturated rings. The van der Waals surface area contributed by atoms with Gasteiger partial charge in [0.15, 0.2) is 0 Å². The van der Waals surface area contributed by atoms with Crippen LogP contribution in [0.4, 0.5) is 5.69 Å². The van der Waals surface area contributed by atoms with Crippen LogP contribution in [0.15, 0.2) is 47.4 Å². The maximum Gasteiger partial charge on any atom is 0.261 e. The molecule has 0 heterocycles. The lowest BCUT2D eigenvalue weighted by molar-refractivity contribution is 0.409. The van der Waals surface area contributed by atoms with Gasteiger partial charge in [-0.25, -0.2) is 8.42 Å². The highest BCUT2D eigenvalue weighted by molar-refractivity contribution is 7.92. The molecule has 2 rings (SSSR count). The highest BCUT2D eigenvalue weighted by Gasteiger charge is 2.16. The smallest absolute Gasteiger partial charge is 0.261 e. The van der Waals surface area contributed by atoms with Crippen LogP contribution in [0.1, 0.15) is 25.0 Å². The number of aryl methyl sites for hydroxylation is 2. The average Bonchev–Trinajstić information content (AvgIpc) is 2.54. The fourth-order valence-electron chi connectivity index (χ4n) is 2.22. The zero-order chi connectivity index (χ0) is 16.2. The molecule has 118 valence electrons. The molecule has 0 saturated heterocycles. The maximum absolute atomic E-state index is 12.5. The van der Waals surface area contributed by atoms with Crippen molar-refractivity contribution in [3.05, 3.63) is 53.6 Å². The molecular formula is C17H21NO3S. The second-order valence-electron chi connectivity index (χ2n) is 4.98. The summed E-state index contributed by atoms with van der Waals surface area (Å²) in [6.45, 7) is 4.02. The highest BCUT2D eigenvalue weighted by atomic mass is 32.2. The highest BCUT2D eigenvalue weighted by Crippen LogP contribution is 2.24. The number of hydrogen-bond donors (Lipinski definition) is 1. The number of anilines is 1. The molecule has 5 heteroatoms. The molecule has 0 aliphatic carbocycles. The van der Waals surface area contributed by atoms with Crippen molar-refractivity contribution in [3.63, 3.8) is 0 Å². The van der Waals surface area contributed by atoms with Crippen molar-refractivity contribution in [2.75, 3.05) is 11.8 Å². The van der Waals surface area contributed by atoms with Crippen LogP contribution in [-0.2, 0) is 22.9 Å². The third kappa shape index (κ3) is 3.60. The minimum absolute atomic E-state index is 0.240. The van der Waals surface area contributed by atoms with Gasteiger partial charge in [0, 0.05) is 5.69 Å². The van der Waals surface area contributed by atoms with Gasteiger partial charge in [-0.15, -0.1) is 0 Å². The Morgan fingerprint density at radius 1 is 1.00 bits per heavy atom. The van der Waals surface area contributed by atoms with Crippen molar-refractivity contribution >= 4 is 15.7 Å². The average molecular weight is 319 g/mol. The summed E-state index contributed by atoms with van der Waals surface area (Å²) in [5.74, 6) is 0.703. The molecule has 2 aromatic rings. The first-order valence-electron chi connectivity index (χ1n) is 7.28. The van der Waals surface area contributed by atoms with Gasteiger partial charge < -0.3 is 4.74 Å². The van der Waals surface area contributed by atoms with Crippen molar-refractivity contribution in [1.82, 2.24) is 0 Å². The van der Waals surface area contributed by atoms with E-state index in [0.29, 0.717) is 17.9 Å². The van der Waals surface area contributed by atoms with Crippen molar-refractivity contribution in [3.8, 4) is 5.75 Å². The summed E-state index contributed by atoms with van der Waals surface area (Å²) in [4.78, 5) is 0.240. The molecule has 4 nitrogen and oxygen atoms in total. The van der Waals surface area contributed by atoms with Gasteiger partial charge in [0.1, 0.15) is 5.75 Å². The van der Waals surface area contributed by atoms with E-state index in [2.05, 4.69) is 11.6 Å². The van der Waals surface area contributed by atoms with Crippen LogP contribution in [0.3, 0.4) is 0 Å². The lowest BCUT2D eigenvalue weighted by Gasteiger charge is -2.12. The topological polar surface area (TPSA) is 55.4 Å². The largest absolute Gasteiger partial charge is 0.496 e. The molecule has 22 heavy (non-hydrogen) atoms. The SMILES string of the molecule is CCc1ccc(NS(=O)(=O)c2ccc(OC)c(CC)c2)cc1. The van der Waals surface area contributed by atoms with Gasteiger partial charge in [0.2, 0.25) is 0 Å². The quantitative estimate of drug-likeness (QED) is 0.884. The summed E-state index contributed by atoms with van der Waals surface area (Å²) in [6.07, 6.45) is 1.63.